The van der Waals surface area contributed by atoms with E-state index in [1.165, 1.54) is 0 Å². The van der Waals surface area contributed by atoms with Gasteiger partial charge >= 0.3 is 0 Å². The van der Waals surface area contributed by atoms with Gasteiger partial charge in [0, 0.05) is 28.9 Å². The van der Waals surface area contributed by atoms with E-state index in [9.17, 15) is 0 Å². The van der Waals surface area contributed by atoms with E-state index < -0.39 is 0 Å². The van der Waals surface area contributed by atoms with Gasteiger partial charge in [0.1, 0.15) is 11.8 Å². The number of fused-ring (bicyclic) bond motifs is 1. The Morgan fingerprint density at radius 2 is 1.78 bits per heavy atom. The second kappa shape index (κ2) is 5.35. The molecule has 0 fully saturated rings. The van der Waals surface area contributed by atoms with Gasteiger partial charge in [0.15, 0.2) is 5.69 Å². The fourth-order valence-electron chi connectivity index (χ4n) is 2.69. The molecule has 0 amide bonds. The number of hydrogen-bond donors (Lipinski definition) is 1. The standard InChI is InChI=1S/C18H11N5/c19-9-17-18(22-23-21-17)13-6-3-5-12(8-13)16-11-20-10-14-4-1-2-7-15(14)16/h1-8,10-11H,(H,21,22,23). The van der Waals surface area contributed by atoms with Gasteiger partial charge in [-0.3, -0.25) is 4.98 Å². The van der Waals surface area contributed by atoms with Crippen molar-refractivity contribution in [1.82, 2.24) is 20.4 Å². The van der Waals surface area contributed by atoms with Crippen LogP contribution in [0, 0.1) is 11.3 Å². The molecule has 0 atom stereocenters. The zero-order valence-electron chi connectivity index (χ0n) is 12.1. The second-order valence-corrected chi connectivity index (χ2v) is 5.12. The van der Waals surface area contributed by atoms with Crippen LogP contribution in [0.15, 0.2) is 60.9 Å². The summed E-state index contributed by atoms with van der Waals surface area (Å²) in [6, 6.07) is 18.1. The monoisotopic (exact) mass is 297 g/mol. The Hall–Kier alpha value is -3.52. The Kier molecular flexibility index (Phi) is 3.06. The van der Waals surface area contributed by atoms with Crippen molar-refractivity contribution in [3.63, 3.8) is 0 Å². The normalized spacial score (nSPS) is 10.6. The second-order valence-electron chi connectivity index (χ2n) is 5.12. The molecule has 1 N–H and O–H groups in total. The molecule has 4 aromatic rings. The number of hydrogen-bond acceptors (Lipinski definition) is 4. The number of H-pyrrole nitrogens is 1. The molecule has 4 rings (SSSR count). The van der Waals surface area contributed by atoms with Crippen molar-refractivity contribution in [2.75, 3.05) is 0 Å². The number of benzene rings is 2. The van der Waals surface area contributed by atoms with Gasteiger partial charge in [-0.2, -0.15) is 15.6 Å². The number of nitrogens with zero attached hydrogens (tertiary/aromatic N) is 4. The fourth-order valence-corrected chi connectivity index (χ4v) is 2.69. The van der Waals surface area contributed by atoms with Crippen molar-refractivity contribution in [3.05, 3.63) is 66.6 Å². The van der Waals surface area contributed by atoms with Crippen molar-refractivity contribution < 1.29 is 0 Å². The first-order valence-electron chi connectivity index (χ1n) is 7.11. The van der Waals surface area contributed by atoms with Crippen LogP contribution in [0.3, 0.4) is 0 Å². The first-order chi connectivity index (χ1) is 11.4. The van der Waals surface area contributed by atoms with Gasteiger partial charge in [0.05, 0.1) is 0 Å². The van der Waals surface area contributed by atoms with Crippen LogP contribution < -0.4 is 0 Å². The van der Waals surface area contributed by atoms with Crippen molar-refractivity contribution in [2.45, 2.75) is 0 Å². The van der Waals surface area contributed by atoms with Crippen LogP contribution in [0.2, 0.25) is 0 Å². The van der Waals surface area contributed by atoms with Gasteiger partial charge in [-0.05, 0) is 17.0 Å². The van der Waals surface area contributed by atoms with E-state index in [1.54, 1.807) is 0 Å². The highest BCUT2D eigenvalue weighted by Gasteiger charge is 2.11. The van der Waals surface area contributed by atoms with Crippen molar-refractivity contribution in [3.8, 4) is 28.5 Å². The van der Waals surface area contributed by atoms with Gasteiger partial charge in [-0.15, -0.1) is 5.10 Å². The van der Waals surface area contributed by atoms with Gasteiger partial charge in [-0.1, -0.05) is 42.5 Å². The van der Waals surface area contributed by atoms with Crippen LogP contribution in [-0.2, 0) is 0 Å². The number of rotatable bonds is 2. The molecule has 108 valence electrons. The lowest BCUT2D eigenvalue weighted by molar-refractivity contribution is 0.937. The summed E-state index contributed by atoms with van der Waals surface area (Å²) < 4.78 is 0. The summed E-state index contributed by atoms with van der Waals surface area (Å²) >= 11 is 0. The van der Waals surface area contributed by atoms with Crippen molar-refractivity contribution >= 4 is 10.8 Å². The lowest BCUT2D eigenvalue weighted by Gasteiger charge is -2.07. The van der Waals surface area contributed by atoms with E-state index in [0.29, 0.717) is 5.69 Å². The van der Waals surface area contributed by atoms with Crippen LogP contribution in [0.5, 0.6) is 0 Å². The van der Waals surface area contributed by atoms with Crippen LogP contribution in [0.4, 0.5) is 0 Å². The molecule has 0 aliphatic carbocycles. The highest BCUT2D eigenvalue weighted by molar-refractivity contribution is 5.96. The SMILES string of the molecule is N#Cc1n[nH]nc1-c1cccc(-c2cncc3ccccc23)c1. The molecule has 2 aromatic heterocycles. The Morgan fingerprint density at radius 3 is 2.70 bits per heavy atom. The van der Waals surface area contributed by atoms with E-state index in [1.807, 2.05) is 60.9 Å². The molecule has 23 heavy (non-hydrogen) atoms. The molecule has 0 saturated heterocycles. The van der Waals surface area contributed by atoms with E-state index in [0.717, 1.165) is 27.5 Å². The molecular formula is C18H11N5. The van der Waals surface area contributed by atoms with Crippen molar-refractivity contribution in [1.29, 1.82) is 5.26 Å². The first kappa shape index (κ1) is 13.2. The first-order valence-corrected chi connectivity index (χ1v) is 7.11. The van der Waals surface area contributed by atoms with Gasteiger partial charge in [0.25, 0.3) is 0 Å². The molecule has 2 aromatic carbocycles. The van der Waals surface area contributed by atoms with E-state index >= 15 is 0 Å². The molecule has 5 heteroatoms. The van der Waals surface area contributed by atoms with E-state index in [4.69, 9.17) is 5.26 Å². The maximum Gasteiger partial charge on any atom is 0.190 e. The maximum atomic E-state index is 9.11. The Balaban J connectivity index is 1.91. The summed E-state index contributed by atoms with van der Waals surface area (Å²) in [5.41, 5.74) is 3.77. The Bertz CT molecular complexity index is 1040. The molecule has 0 aliphatic rings. The molecule has 0 unspecified atom stereocenters. The molecule has 0 bridgehead atoms. The highest BCUT2D eigenvalue weighted by atomic mass is 15.3. The summed E-state index contributed by atoms with van der Waals surface area (Å²) in [5.74, 6) is 0. The topological polar surface area (TPSA) is 78.2 Å². The third-order valence-electron chi connectivity index (χ3n) is 3.77. The third kappa shape index (κ3) is 2.23. The summed E-state index contributed by atoms with van der Waals surface area (Å²) in [4.78, 5) is 4.33. The summed E-state index contributed by atoms with van der Waals surface area (Å²) in [6.45, 7) is 0. The lowest BCUT2D eigenvalue weighted by atomic mass is 9.98. The Labute approximate surface area is 132 Å². The van der Waals surface area contributed by atoms with E-state index in [-0.39, 0.29) is 5.69 Å². The maximum absolute atomic E-state index is 9.11. The molecule has 0 spiro atoms. The molecule has 2 heterocycles. The highest BCUT2D eigenvalue weighted by Crippen LogP contribution is 2.30. The minimum atomic E-state index is 0.290. The number of nitrogens with one attached hydrogen (secondary N) is 1. The van der Waals surface area contributed by atoms with Crippen molar-refractivity contribution in [2.24, 2.45) is 0 Å². The third-order valence-corrected chi connectivity index (χ3v) is 3.77. The molecule has 0 aliphatic heterocycles. The summed E-state index contributed by atoms with van der Waals surface area (Å²) in [7, 11) is 0. The lowest BCUT2D eigenvalue weighted by Crippen LogP contribution is -1.87. The van der Waals surface area contributed by atoms with Gasteiger partial charge < -0.3 is 0 Å². The molecule has 0 saturated carbocycles. The average molecular weight is 297 g/mol. The predicted molar refractivity (Wildman–Crippen MR) is 87.3 cm³/mol. The largest absolute Gasteiger partial charge is 0.263 e. The zero-order chi connectivity index (χ0) is 15.6. The number of aromatic amines is 1. The van der Waals surface area contributed by atoms with Gasteiger partial charge in [0.2, 0.25) is 0 Å². The van der Waals surface area contributed by atoms with Crippen LogP contribution in [-0.4, -0.2) is 20.4 Å². The smallest absolute Gasteiger partial charge is 0.190 e. The van der Waals surface area contributed by atoms with E-state index in [2.05, 4.69) is 26.5 Å². The number of aromatic nitrogens is 4. The molecule has 5 nitrogen and oxygen atoms in total. The predicted octanol–water partition coefficient (Wildman–Crippen LogP) is 3.56. The van der Waals surface area contributed by atoms with Crippen LogP contribution >= 0.6 is 0 Å². The van der Waals surface area contributed by atoms with Crippen LogP contribution in [0.25, 0.3) is 33.2 Å². The quantitative estimate of drug-likeness (QED) is 0.613. The molecule has 0 radical (unpaired) electrons. The van der Waals surface area contributed by atoms with Crippen LogP contribution in [0.1, 0.15) is 5.69 Å². The number of pyridine rings is 1. The Morgan fingerprint density at radius 1 is 0.913 bits per heavy atom. The minimum Gasteiger partial charge on any atom is -0.263 e. The fraction of sp³-hybridized carbons (Fsp3) is 0. The zero-order valence-corrected chi connectivity index (χ0v) is 12.1. The number of nitriles is 1. The molecular weight excluding hydrogens is 286 g/mol. The van der Waals surface area contributed by atoms with Gasteiger partial charge in [-0.25, -0.2) is 0 Å². The summed E-state index contributed by atoms with van der Waals surface area (Å²) in [6.07, 6.45) is 3.71. The minimum absolute atomic E-state index is 0.290. The summed E-state index contributed by atoms with van der Waals surface area (Å²) in [5, 5.41) is 21.8. The average Bonchev–Trinajstić information content (AvgIpc) is 3.10.